The van der Waals surface area contributed by atoms with Crippen LogP contribution in [0.15, 0.2) is 24.3 Å². The van der Waals surface area contributed by atoms with Gasteiger partial charge < -0.3 is 0 Å². The second-order valence-electron chi connectivity index (χ2n) is 3.09. The Balaban J connectivity index is 1.95. The third kappa shape index (κ3) is 2.77. The lowest BCUT2D eigenvalue weighted by Crippen LogP contribution is -2.15. The zero-order chi connectivity index (χ0) is 11.4. The van der Waals surface area contributed by atoms with Gasteiger partial charge in [0.1, 0.15) is 0 Å². The van der Waals surface area contributed by atoms with E-state index in [9.17, 15) is 4.79 Å². The van der Waals surface area contributed by atoms with Gasteiger partial charge in [-0.15, -0.1) is 5.10 Å². The summed E-state index contributed by atoms with van der Waals surface area (Å²) < 4.78 is 0. The highest BCUT2D eigenvalue weighted by Gasteiger charge is 2.06. The van der Waals surface area contributed by atoms with E-state index < -0.39 is 0 Å². The minimum atomic E-state index is -0.205. The van der Waals surface area contributed by atoms with Crippen LogP contribution in [0.1, 0.15) is 5.56 Å². The first-order valence-corrected chi connectivity index (χ1v) is 4.89. The summed E-state index contributed by atoms with van der Waals surface area (Å²) in [6.45, 7) is 0. The largest absolute Gasteiger partial charge is 0.292 e. The molecule has 6 nitrogen and oxygen atoms in total. The van der Waals surface area contributed by atoms with Gasteiger partial charge in [-0.05, 0) is 22.9 Å². The Hall–Kier alpha value is -1.95. The Bertz CT molecular complexity index is 467. The Morgan fingerprint density at radius 3 is 2.75 bits per heavy atom. The van der Waals surface area contributed by atoms with Crippen molar-refractivity contribution in [1.29, 1.82) is 0 Å². The maximum absolute atomic E-state index is 11.5. The summed E-state index contributed by atoms with van der Waals surface area (Å²) in [5.41, 5.74) is 0.866. The van der Waals surface area contributed by atoms with Gasteiger partial charge in [0.25, 0.3) is 5.95 Å². The second-order valence-corrected chi connectivity index (χ2v) is 3.52. The Morgan fingerprint density at radius 2 is 2.12 bits per heavy atom. The fraction of sp³-hybridized carbons (Fsp3) is 0.111. The van der Waals surface area contributed by atoms with Gasteiger partial charge in [0.05, 0.1) is 6.42 Å². The molecule has 0 unspecified atom stereocenters. The molecular weight excluding hydrogens is 230 g/mol. The lowest BCUT2D eigenvalue weighted by atomic mass is 10.1. The number of hydrogen-bond donors (Lipinski definition) is 2. The smallest absolute Gasteiger partial charge is 0.269 e. The number of H-pyrrole nitrogens is 1. The van der Waals surface area contributed by atoms with E-state index in [1.54, 1.807) is 24.3 Å². The number of hydrogen-bond acceptors (Lipinski definition) is 4. The fourth-order valence-corrected chi connectivity index (χ4v) is 1.30. The zero-order valence-corrected chi connectivity index (χ0v) is 8.90. The highest BCUT2D eigenvalue weighted by molar-refractivity contribution is 6.30. The second kappa shape index (κ2) is 4.71. The number of anilines is 1. The molecule has 2 N–H and O–H groups in total. The molecule has 0 bridgehead atoms. The maximum Gasteiger partial charge on any atom is 0.269 e. The molecule has 82 valence electrons. The van der Waals surface area contributed by atoms with Gasteiger partial charge in [-0.25, -0.2) is 0 Å². The first-order valence-electron chi connectivity index (χ1n) is 4.52. The van der Waals surface area contributed by atoms with E-state index in [-0.39, 0.29) is 18.3 Å². The first-order chi connectivity index (χ1) is 7.74. The molecule has 0 saturated heterocycles. The molecule has 0 fully saturated rings. The van der Waals surface area contributed by atoms with Gasteiger partial charge in [-0.2, -0.15) is 5.21 Å². The third-order valence-electron chi connectivity index (χ3n) is 1.87. The number of halogens is 1. The minimum absolute atomic E-state index is 0.166. The summed E-state index contributed by atoms with van der Waals surface area (Å²) in [4.78, 5) is 11.5. The molecule has 7 heteroatoms. The predicted molar refractivity (Wildman–Crippen MR) is 58.0 cm³/mol. The minimum Gasteiger partial charge on any atom is -0.292 e. The molecule has 0 spiro atoms. The van der Waals surface area contributed by atoms with Crippen molar-refractivity contribution in [3.63, 3.8) is 0 Å². The van der Waals surface area contributed by atoms with Crippen LogP contribution >= 0.6 is 11.6 Å². The number of aromatic nitrogens is 4. The van der Waals surface area contributed by atoms with Crippen molar-refractivity contribution in [3.05, 3.63) is 34.9 Å². The number of benzene rings is 1. The number of nitrogens with one attached hydrogen (secondary N) is 2. The number of carbonyl (C=O) groups is 1. The Kier molecular flexibility index (Phi) is 3.11. The molecule has 0 aliphatic heterocycles. The molecule has 16 heavy (non-hydrogen) atoms. The first kappa shape index (κ1) is 10.6. The summed E-state index contributed by atoms with van der Waals surface area (Å²) in [5.74, 6) is -0.0392. The van der Waals surface area contributed by atoms with Gasteiger partial charge in [0, 0.05) is 5.02 Å². The molecule has 0 atom stereocenters. The van der Waals surface area contributed by atoms with Crippen molar-refractivity contribution in [1.82, 2.24) is 20.6 Å². The Labute approximate surface area is 96.0 Å². The molecule has 2 aromatic rings. The van der Waals surface area contributed by atoms with E-state index in [0.29, 0.717) is 5.02 Å². The van der Waals surface area contributed by atoms with Gasteiger partial charge >= 0.3 is 0 Å². The molecule has 1 amide bonds. The van der Waals surface area contributed by atoms with Crippen molar-refractivity contribution in [2.24, 2.45) is 0 Å². The summed E-state index contributed by atoms with van der Waals surface area (Å²) in [5, 5.41) is 15.9. The van der Waals surface area contributed by atoms with Crippen LogP contribution in [0.4, 0.5) is 5.95 Å². The number of nitrogens with zero attached hydrogens (tertiary/aromatic N) is 3. The van der Waals surface area contributed by atoms with Crippen molar-refractivity contribution in [3.8, 4) is 0 Å². The van der Waals surface area contributed by atoms with Crippen LogP contribution in [0.25, 0.3) is 0 Å². The summed E-state index contributed by atoms with van der Waals surface area (Å²) >= 11 is 5.73. The predicted octanol–water partition coefficient (Wildman–Crippen LogP) is 1.03. The number of carbonyl (C=O) groups excluding carboxylic acids is 1. The number of aromatic amines is 1. The molecule has 0 aliphatic carbocycles. The van der Waals surface area contributed by atoms with E-state index >= 15 is 0 Å². The molecule has 0 saturated carbocycles. The molecule has 1 aromatic heterocycles. The highest BCUT2D eigenvalue weighted by Crippen LogP contribution is 2.10. The van der Waals surface area contributed by atoms with Crippen LogP contribution in [0.2, 0.25) is 5.02 Å². The molecular formula is C9H8ClN5O. The maximum atomic E-state index is 11.5. The monoisotopic (exact) mass is 237 g/mol. The quantitative estimate of drug-likeness (QED) is 0.835. The summed E-state index contributed by atoms with van der Waals surface area (Å²) in [7, 11) is 0. The van der Waals surface area contributed by atoms with Gasteiger partial charge in [-0.3, -0.25) is 10.1 Å². The molecule has 1 heterocycles. The van der Waals surface area contributed by atoms with Crippen LogP contribution in [-0.2, 0) is 11.2 Å². The standard InChI is InChI=1S/C9H8ClN5O/c10-7-3-1-6(2-4-7)5-8(16)11-9-12-14-15-13-9/h1-4H,5H2,(H2,11,12,13,14,15,16). The number of tetrazole rings is 1. The third-order valence-corrected chi connectivity index (χ3v) is 2.13. The van der Waals surface area contributed by atoms with Gasteiger partial charge in [-0.1, -0.05) is 28.8 Å². The van der Waals surface area contributed by atoms with Crippen molar-refractivity contribution in [2.45, 2.75) is 6.42 Å². The lowest BCUT2D eigenvalue weighted by Gasteiger charge is -2.00. The van der Waals surface area contributed by atoms with Crippen LogP contribution in [-0.4, -0.2) is 26.5 Å². The van der Waals surface area contributed by atoms with Crippen LogP contribution in [0.5, 0.6) is 0 Å². The van der Waals surface area contributed by atoms with Gasteiger partial charge in [0.2, 0.25) is 5.91 Å². The summed E-state index contributed by atoms with van der Waals surface area (Å²) in [6, 6.07) is 7.05. The molecule has 2 rings (SSSR count). The van der Waals surface area contributed by atoms with Gasteiger partial charge in [0.15, 0.2) is 0 Å². The van der Waals surface area contributed by atoms with Crippen LogP contribution in [0.3, 0.4) is 0 Å². The van der Waals surface area contributed by atoms with E-state index in [4.69, 9.17) is 11.6 Å². The average molecular weight is 238 g/mol. The van der Waals surface area contributed by atoms with E-state index in [0.717, 1.165) is 5.56 Å². The Morgan fingerprint density at radius 1 is 1.38 bits per heavy atom. The molecule has 1 aromatic carbocycles. The molecule has 0 radical (unpaired) electrons. The van der Waals surface area contributed by atoms with Crippen LogP contribution < -0.4 is 5.32 Å². The van der Waals surface area contributed by atoms with E-state index in [1.807, 2.05) is 0 Å². The van der Waals surface area contributed by atoms with Crippen molar-refractivity contribution < 1.29 is 4.79 Å². The van der Waals surface area contributed by atoms with Crippen molar-refractivity contribution >= 4 is 23.5 Å². The normalized spacial score (nSPS) is 10.1. The number of amides is 1. The average Bonchev–Trinajstić information content (AvgIpc) is 2.74. The lowest BCUT2D eigenvalue weighted by molar-refractivity contribution is -0.115. The SMILES string of the molecule is O=C(Cc1ccc(Cl)cc1)Nc1nn[nH]n1. The number of rotatable bonds is 3. The molecule has 0 aliphatic rings. The highest BCUT2D eigenvalue weighted by atomic mass is 35.5. The zero-order valence-electron chi connectivity index (χ0n) is 8.14. The fourth-order valence-electron chi connectivity index (χ4n) is 1.17. The van der Waals surface area contributed by atoms with E-state index in [1.165, 1.54) is 0 Å². The summed E-state index contributed by atoms with van der Waals surface area (Å²) in [6.07, 6.45) is 0.242. The topological polar surface area (TPSA) is 83.6 Å². The van der Waals surface area contributed by atoms with E-state index in [2.05, 4.69) is 25.9 Å². The van der Waals surface area contributed by atoms with Crippen molar-refractivity contribution in [2.75, 3.05) is 5.32 Å². The van der Waals surface area contributed by atoms with Crippen LogP contribution in [0, 0.1) is 0 Å².